The monoisotopic (exact) mass is 122 g/mol. The minimum absolute atomic E-state index is 0.247. The van der Waals surface area contributed by atoms with Crippen LogP contribution in [0, 0.1) is 0 Å². The molecule has 0 aromatic rings. The molecule has 0 atom stereocenters. The van der Waals surface area contributed by atoms with Crippen LogP contribution in [0.2, 0.25) is 0 Å². The van der Waals surface area contributed by atoms with Gasteiger partial charge in [0.1, 0.15) is 0 Å². The summed E-state index contributed by atoms with van der Waals surface area (Å²) in [7, 11) is 0. The van der Waals surface area contributed by atoms with Crippen molar-refractivity contribution in [2.45, 2.75) is 19.3 Å². The molecule has 0 fully saturated rings. The molecule has 9 heavy (non-hydrogen) atoms. The summed E-state index contributed by atoms with van der Waals surface area (Å²) in [4.78, 5) is 10.9. The van der Waals surface area contributed by atoms with Gasteiger partial charge in [0.2, 0.25) is 0 Å². The number of hydrogen-bond donors (Lipinski definition) is 0. The highest BCUT2D eigenvalue weighted by Crippen LogP contribution is 2.13. The zero-order valence-electron chi connectivity index (χ0n) is 5.39. The molecule has 0 amide bonds. The molecule has 48 valence electrons. The van der Waals surface area contributed by atoms with Crippen LogP contribution in [0.3, 0.4) is 0 Å². The topological polar surface area (TPSA) is 17.1 Å². The number of carbonyl (C=O) groups excluding carboxylic acids is 1. The van der Waals surface area contributed by atoms with Gasteiger partial charge in [0.05, 0.1) is 0 Å². The predicted molar refractivity (Wildman–Crippen MR) is 37.1 cm³/mol. The van der Waals surface area contributed by atoms with E-state index < -0.39 is 0 Å². The van der Waals surface area contributed by atoms with Gasteiger partial charge >= 0.3 is 0 Å². The van der Waals surface area contributed by atoms with E-state index in [9.17, 15) is 4.79 Å². The Balaban J connectivity index is 2.75. The van der Waals surface area contributed by atoms with Gasteiger partial charge in [-0.15, -0.1) is 0 Å². The van der Waals surface area contributed by atoms with E-state index in [0.717, 1.165) is 18.4 Å². The third kappa shape index (κ3) is 1.28. The van der Waals surface area contributed by atoms with E-state index >= 15 is 0 Å². The second-order valence-electron chi connectivity index (χ2n) is 2.18. The second-order valence-corrected chi connectivity index (χ2v) is 2.18. The number of Topliss-reactive ketones (excluding diaryl/α,β-unsaturated/α-hetero) is 1. The van der Waals surface area contributed by atoms with E-state index in [-0.39, 0.29) is 5.78 Å². The molecule has 1 rings (SSSR count). The highest BCUT2D eigenvalue weighted by atomic mass is 16.1. The quantitative estimate of drug-likeness (QED) is 0.518. The first-order chi connectivity index (χ1) is 4.34. The lowest BCUT2D eigenvalue weighted by Gasteiger charge is -2.05. The average molecular weight is 122 g/mol. The number of ketones is 1. The Morgan fingerprint density at radius 2 is 2.44 bits per heavy atom. The fourth-order valence-corrected chi connectivity index (χ4v) is 0.976. The normalized spacial score (nSPS) is 19.1. The Bertz CT molecular complexity index is 165. The van der Waals surface area contributed by atoms with Gasteiger partial charge in [0.15, 0.2) is 5.78 Å². The van der Waals surface area contributed by atoms with E-state index in [0.29, 0.717) is 6.42 Å². The lowest BCUT2D eigenvalue weighted by Crippen LogP contribution is -2.03. The van der Waals surface area contributed by atoms with Crippen molar-refractivity contribution in [3.05, 3.63) is 24.3 Å². The van der Waals surface area contributed by atoms with Crippen LogP contribution in [0.15, 0.2) is 24.3 Å². The minimum atomic E-state index is 0.247. The zero-order chi connectivity index (χ0) is 6.69. The Labute approximate surface area is 55.1 Å². The van der Waals surface area contributed by atoms with Crippen LogP contribution in [-0.2, 0) is 4.79 Å². The molecule has 1 nitrogen and oxygen atoms in total. The maximum Gasteiger partial charge on any atom is 0.162 e. The molecular weight excluding hydrogens is 112 g/mol. The van der Waals surface area contributed by atoms with Gasteiger partial charge in [0.25, 0.3) is 0 Å². The number of hydrogen-bond acceptors (Lipinski definition) is 1. The van der Waals surface area contributed by atoms with Crippen LogP contribution in [0.25, 0.3) is 0 Å². The number of carbonyl (C=O) groups is 1. The average Bonchev–Trinajstić information content (AvgIpc) is 1.89. The molecule has 0 N–H and O–H groups in total. The predicted octanol–water partition coefficient (Wildman–Crippen LogP) is 1.85. The van der Waals surface area contributed by atoms with Gasteiger partial charge in [-0.25, -0.2) is 0 Å². The van der Waals surface area contributed by atoms with Crippen LogP contribution in [-0.4, -0.2) is 5.78 Å². The van der Waals surface area contributed by atoms with Gasteiger partial charge in [-0.05, 0) is 12.8 Å². The number of rotatable bonds is 1. The summed E-state index contributed by atoms with van der Waals surface area (Å²) in [5.74, 6) is 0.247. The fraction of sp³-hybridized carbons (Fsp3) is 0.375. The molecule has 1 aliphatic carbocycles. The standard InChI is InChI=1S/C8H10O/c1-2-7-5-3-4-6-8(7)9/h2,5H,1,3-4,6H2. The minimum Gasteiger partial charge on any atom is -0.294 e. The molecule has 0 saturated carbocycles. The molecule has 1 heteroatoms. The van der Waals surface area contributed by atoms with Gasteiger partial charge in [-0.2, -0.15) is 0 Å². The summed E-state index contributed by atoms with van der Waals surface area (Å²) >= 11 is 0. The molecule has 0 saturated heterocycles. The summed E-state index contributed by atoms with van der Waals surface area (Å²) in [6.45, 7) is 3.55. The Morgan fingerprint density at radius 1 is 1.67 bits per heavy atom. The molecule has 0 heterocycles. The van der Waals surface area contributed by atoms with Crippen LogP contribution < -0.4 is 0 Å². The van der Waals surface area contributed by atoms with Crippen molar-refractivity contribution in [2.24, 2.45) is 0 Å². The van der Waals surface area contributed by atoms with Crippen molar-refractivity contribution in [1.29, 1.82) is 0 Å². The molecule has 0 spiro atoms. The zero-order valence-corrected chi connectivity index (χ0v) is 5.39. The maximum atomic E-state index is 10.9. The molecule has 0 unspecified atom stereocenters. The van der Waals surface area contributed by atoms with Gasteiger partial charge in [0, 0.05) is 12.0 Å². The molecule has 0 aromatic heterocycles. The molecule has 0 radical (unpaired) electrons. The third-order valence-electron chi connectivity index (χ3n) is 1.51. The summed E-state index contributed by atoms with van der Waals surface area (Å²) in [6, 6.07) is 0. The molecular formula is C8H10O. The lowest BCUT2D eigenvalue weighted by molar-refractivity contribution is -0.115. The smallest absolute Gasteiger partial charge is 0.162 e. The first kappa shape index (κ1) is 6.27. The highest BCUT2D eigenvalue weighted by Gasteiger charge is 2.08. The second kappa shape index (κ2) is 2.62. The SMILES string of the molecule is C=CC1=CCCCC1=O. The summed E-state index contributed by atoms with van der Waals surface area (Å²) in [6.07, 6.45) is 6.35. The molecule has 0 bridgehead atoms. The summed E-state index contributed by atoms with van der Waals surface area (Å²) < 4.78 is 0. The van der Waals surface area contributed by atoms with E-state index in [2.05, 4.69) is 6.58 Å². The van der Waals surface area contributed by atoms with Gasteiger partial charge < -0.3 is 0 Å². The summed E-state index contributed by atoms with van der Waals surface area (Å²) in [5, 5.41) is 0. The first-order valence-corrected chi connectivity index (χ1v) is 3.20. The first-order valence-electron chi connectivity index (χ1n) is 3.20. The number of allylic oxidation sites excluding steroid dienone is 3. The van der Waals surface area contributed by atoms with E-state index in [4.69, 9.17) is 0 Å². The van der Waals surface area contributed by atoms with Gasteiger partial charge in [-0.3, -0.25) is 4.79 Å². The Hall–Kier alpha value is -0.850. The Kier molecular flexibility index (Phi) is 1.83. The van der Waals surface area contributed by atoms with Crippen molar-refractivity contribution in [3.63, 3.8) is 0 Å². The van der Waals surface area contributed by atoms with Gasteiger partial charge in [-0.1, -0.05) is 18.7 Å². The van der Waals surface area contributed by atoms with Crippen molar-refractivity contribution in [2.75, 3.05) is 0 Å². The maximum absolute atomic E-state index is 10.9. The fourth-order valence-electron chi connectivity index (χ4n) is 0.976. The van der Waals surface area contributed by atoms with E-state index in [1.165, 1.54) is 0 Å². The van der Waals surface area contributed by atoms with Crippen molar-refractivity contribution in [3.8, 4) is 0 Å². The third-order valence-corrected chi connectivity index (χ3v) is 1.51. The molecule has 0 aliphatic heterocycles. The van der Waals surface area contributed by atoms with Crippen molar-refractivity contribution < 1.29 is 4.79 Å². The van der Waals surface area contributed by atoms with Crippen molar-refractivity contribution in [1.82, 2.24) is 0 Å². The van der Waals surface area contributed by atoms with Crippen LogP contribution in [0.4, 0.5) is 0 Å². The lowest BCUT2D eigenvalue weighted by atomic mass is 9.98. The van der Waals surface area contributed by atoms with E-state index in [1.54, 1.807) is 6.08 Å². The molecule has 0 aromatic carbocycles. The Morgan fingerprint density at radius 3 is 2.89 bits per heavy atom. The summed E-state index contributed by atoms with van der Waals surface area (Å²) in [5.41, 5.74) is 0.807. The largest absolute Gasteiger partial charge is 0.294 e. The molecule has 1 aliphatic rings. The van der Waals surface area contributed by atoms with Crippen LogP contribution >= 0.6 is 0 Å². The highest BCUT2D eigenvalue weighted by molar-refractivity contribution is 5.98. The van der Waals surface area contributed by atoms with Crippen molar-refractivity contribution >= 4 is 5.78 Å². The van der Waals surface area contributed by atoms with Crippen LogP contribution in [0.1, 0.15) is 19.3 Å². The van der Waals surface area contributed by atoms with Crippen LogP contribution in [0.5, 0.6) is 0 Å². The van der Waals surface area contributed by atoms with E-state index in [1.807, 2.05) is 6.08 Å².